The lowest BCUT2D eigenvalue weighted by molar-refractivity contribution is 0.107. The van der Waals surface area contributed by atoms with Gasteiger partial charge in [-0.1, -0.05) is 72.3 Å². The molecule has 0 aliphatic carbocycles. The quantitative estimate of drug-likeness (QED) is 0.596. The fourth-order valence-electron chi connectivity index (χ4n) is 1.09. The molecule has 0 radical (unpaired) electrons. The first-order chi connectivity index (χ1) is 8.24. The average molecular weight is 263 g/mol. The Kier molecular flexibility index (Phi) is 6.15. The van der Waals surface area contributed by atoms with Gasteiger partial charge in [0, 0.05) is 16.0 Å². The van der Waals surface area contributed by atoms with Crippen molar-refractivity contribution in [3.8, 4) is 0 Å². The third kappa shape index (κ3) is 5.38. The van der Waals surface area contributed by atoms with E-state index in [1.165, 1.54) is 0 Å². The van der Waals surface area contributed by atoms with Crippen LogP contribution in [0, 0.1) is 0 Å². The fraction of sp³-hybridized carbons (Fsp3) is 0. The summed E-state index contributed by atoms with van der Waals surface area (Å²) in [6.45, 7) is 0. The van der Waals surface area contributed by atoms with Crippen LogP contribution in [-0.4, -0.2) is 11.2 Å². The molecule has 2 rings (SSSR count). The van der Waals surface area contributed by atoms with Crippen molar-refractivity contribution < 1.29 is 4.79 Å². The predicted octanol–water partition coefficient (Wildman–Crippen LogP) is 4.21. The van der Waals surface area contributed by atoms with Crippen LogP contribution in [0.1, 0.15) is 10.4 Å². The Labute approximate surface area is 111 Å². The van der Waals surface area contributed by atoms with Gasteiger partial charge in [-0.3, -0.25) is 4.79 Å². The molecule has 0 aromatic heterocycles. The van der Waals surface area contributed by atoms with E-state index >= 15 is 0 Å². The minimum Gasteiger partial charge on any atom is -0.288 e. The topological polar surface area (TPSA) is 17.1 Å². The van der Waals surface area contributed by atoms with Crippen LogP contribution >= 0.6 is 23.8 Å². The van der Waals surface area contributed by atoms with Crippen LogP contribution in [0.25, 0.3) is 0 Å². The zero-order valence-corrected chi connectivity index (χ0v) is 10.6. The number of rotatable bonds is 2. The second-order valence-corrected chi connectivity index (χ2v) is 3.82. The summed E-state index contributed by atoms with van der Waals surface area (Å²) < 4.78 is 0. The molecule has 17 heavy (non-hydrogen) atoms. The van der Waals surface area contributed by atoms with Gasteiger partial charge >= 0.3 is 0 Å². The number of halogens is 1. The van der Waals surface area contributed by atoms with Crippen LogP contribution in [0.5, 0.6) is 0 Å². The highest BCUT2D eigenvalue weighted by atomic mass is 35.5. The lowest BCUT2D eigenvalue weighted by Crippen LogP contribution is -1.96. The van der Waals surface area contributed by atoms with E-state index in [1.807, 2.05) is 48.5 Å². The summed E-state index contributed by atoms with van der Waals surface area (Å²) in [6.07, 6.45) is 0. The molecule has 0 saturated carbocycles. The smallest absolute Gasteiger partial charge is 0.196 e. The molecule has 2 aromatic carbocycles. The fourth-order valence-corrected chi connectivity index (χ4v) is 1.37. The molecule has 0 unspecified atom stereocenters. The maximum atomic E-state index is 10.9. The predicted molar refractivity (Wildman–Crippen MR) is 75.9 cm³/mol. The number of hydrogen-bond acceptors (Lipinski definition) is 2. The molecule has 0 atom stereocenters. The van der Waals surface area contributed by atoms with Crippen molar-refractivity contribution >= 4 is 35.0 Å². The maximum Gasteiger partial charge on any atom is 0.196 e. The zero-order valence-electron chi connectivity index (χ0n) is 9.05. The van der Waals surface area contributed by atoms with Crippen LogP contribution in [-0.2, 0) is 0 Å². The van der Waals surface area contributed by atoms with Crippen LogP contribution in [0.15, 0.2) is 60.7 Å². The molecule has 0 spiro atoms. The first-order valence-corrected chi connectivity index (χ1v) is 5.84. The van der Waals surface area contributed by atoms with E-state index in [9.17, 15) is 4.79 Å². The Bertz CT molecular complexity index is 468. The van der Waals surface area contributed by atoms with Crippen molar-refractivity contribution in [3.05, 3.63) is 71.2 Å². The summed E-state index contributed by atoms with van der Waals surface area (Å²) in [6, 6.07) is 18.4. The number of thiocarbonyl (C=S) groups is 1. The maximum absolute atomic E-state index is 10.9. The van der Waals surface area contributed by atoms with Gasteiger partial charge in [0.25, 0.3) is 0 Å². The minimum atomic E-state index is -0.101. The van der Waals surface area contributed by atoms with Crippen molar-refractivity contribution in [3.63, 3.8) is 0 Å². The average Bonchev–Trinajstić information content (AvgIpc) is 2.40. The summed E-state index contributed by atoms with van der Waals surface area (Å²) >= 11 is 10.0. The zero-order chi connectivity index (χ0) is 12.5. The Balaban J connectivity index is 0.000000181. The molecule has 0 aliphatic rings. The van der Waals surface area contributed by atoms with E-state index < -0.39 is 0 Å². The Hall–Kier alpha value is -1.51. The molecule has 2 aromatic rings. The molecule has 0 fully saturated rings. The van der Waals surface area contributed by atoms with Gasteiger partial charge in [0.05, 0.1) is 0 Å². The first kappa shape index (κ1) is 13.6. The molecule has 0 saturated heterocycles. The van der Waals surface area contributed by atoms with Gasteiger partial charge in [-0.2, -0.15) is 0 Å². The monoisotopic (exact) mass is 262 g/mol. The highest BCUT2D eigenvalue weighted by Gasteiger charge is 1.97. The Morgan fingerprint density at radius 2 is 1.41 bits per heavy atom. The first-order valence-electron chi connectivity index (χ1n) is 4.99. The van der Waals surface area contributed by atoms with Crippen molar-refractivity contribution in [1.29, 1.82) is 0 Å². The second kappa shape index (κ2) is 7.71. The second-order valence-electron chi connectivity index (χ2n) is 3.14. The van der Waals surface area contributed by atoms with Crippen LogP contribution in [0.3, 0.4) is 0 Å². The molecule has 3 heteroatoms. The largest absolute Gasteiger partial charge is 0.288 e. The van der Waals surface area contributed by atoms with E-state index in [-0.39, 0.29) is 5.78 Å². The van der Waals surface area contributed by atoms with Crippen LogP contribution in [0.2, 0.25) is 5.02 Å². The molecule has 0 bridgehead atoms. The van der Waals surface area contributed by atoms with Gasteiger partial charge in [0.15, 0.2) is 5.78 Å². The SMILES string of the molecule is Clc1ccccc1.O=C(C=S)c1ccccc1. The molecule has 0 amide bonds. The standard InChI is InChI=1S/C8H6OS.C6H5Cl/c9-8(6-10)7-4-2-1-3-5-7;7-6-4-2-1-3-5-6/h1-6H;1-5H. The number of benzene rings is 2. The van der Waals surface area contributed by atoms with Gasteiger partial charge in [-0.25, -0.2) is 0 Å². The summed E-state index contributed by atoms with van der Waals surface area (Å²) in [5, 5.41) is 1.94. The molecule has 1 nitrogen and oxygen atoms in total. The van der Waals surface area contributed by atoms with Gasteiger partial charge in [0.1, 0.15) is 0 Å². The third-order valence-corrected chi connectivity index (χ3v) is 2.36. The van der Waals surface area contributed by atoms with Crippen LogP contribution in [0.4, 0.5) is 0 Å². The lowest BCUT2D eigenvalue weighted by Gasteiger charge is -1.89. The van der Waals surface area contributed by atoms with Crippen molar-refractivity contribution in [2.45, 2.75) is 0 Å². The molecule has 0 aliphatic heterocycles. The number of carbonyl (C=O) groups excluding carboxylic acids is 1. The molecule has 86 valence electrons. The highest BCUT2D eigenvalue weighted by molar-refractivity contribution is 7.80. The molecular formula is C14H11ClOS. The molecule has 0 heterocycles. The summed E-state index contributed by atoms with van der Waals surface area (Å²) in [7, 11) is 0. The lowest BCUT2D eigenvalue weighted by atomic mass is 10.2. The van der Waals surface area contributed by atoms with E-state index in [4.69, 9.17) is 11.6 Å². The van der Waals surface area contributed by atoms with E-state index in [2.05, 4.69) is 12.2 Å². The summed E-state index contributed by atoms with van der Waals surface area (Å²) in [5.74, 6) is -0.101. The van der Waals surface area contributed by atoms with E-state index in [0.717, 1.165) is 10.4 Å². The minimum absolute atomic E-state index is 0.101. The molecular weight excluding hydrogens is 252 g/mol. The third-order valence-electron chi connectivity index (χ3n) is 1.90. The van der Waals surface area contributed by atoms with E-state index in [1.54, 1.807) is 12.1 Å². The van der Waals surface area contributed by atoms with Crippen molar-refractivity contribution in [1.82, 2.24) is 0 Å². The normalized spacial score (nSPS) is 8.76. The number of ketones is 1. The summed E-state index contributed by atoms with van der Waals surface area (Å²) in [4.78, 5) is 10.9. The number of Topliss-reactive ketones (excluding diaryl/α,β-unsaturated/α-hetero) is 1. The van der Waals surface area contributed by atoms with Crippen molar-refractivity contribution in [2.24, 2.45) is 0 Å². The van der Waals surface area contributed by atoms with Gasteiger partial charge < -0.3 is 0 Å². The highest BCUT2D eigenvalue weighted by Crippen LogP contribution is 2.03. The Morgan fingerprint density at radius 3 is 1.76 bits per heavy atom. The molecule has 0 N–H and O–H groups in total. The number of hydrogen-bond donors (Lipinski definition) is 0. The van der Waals surface area contributed by atoms with Gasteiger partial charge in [0.2, 0.25) is 0 Å². The number of carbonyl (C=O) groups is 1. The van der Waals surface area contributed by atoms with Gasteiger partial charge in [-0.15, -0.1) is 0 Å². The Morgan fingerprint density at radius 1 is 0.941 bits per heavy atom. The van der Waals surface area contributed by atoms with E-state index in [0.29, 0.717) is 5.56 Å². The van der Waals surface area contributed by atoms with Crippen LogP contribution < -0.4 is 0 Å². The van der Waals surface area contributed by atoms with Crippen molar-refractivity contribution in [2.75, 3.05) is 0 Å². The van der Waals surface area contributed by atoms with Gasteiger partial charge in [-0.05, 0) is 12.1 Å². The summed E-state index contributed by atoms with van der Waals surface area (Å²) in [5.41, 5.74) is 0.650.